The third-order valence-electron chi connectivity index (χ3n) is 3.17. The zero-order chi connectivity index (χ0) is 19.1. The number of primary amides is 1. The molecule has 2 N–H and O–H groups in total. The van der Waals surface area contributed by atoms with Gasteiger partial charge in [-0.3, -0.25) is 4.79 Å². The van der Waals surface area contributed by atoms with Crippen LogP contribution in [-0.4, -0.2) is 25.6 Å². The fourth-order valence-electron chi connectivity index (χ4n) is 1.98. The summed E-state index contributed by atoms with van der Waals surface area (Å²) in [6.07, 6.45) is 2.58. The van der Waals surface area contributed by atoms with Crippen LogP contribution in [0.25, 0.3) is 6.08 Å². The summed E-state index contributed by atoms with van der Waals surface area (Å²) in [6.45, 7) is -2.97. The maximum absolute atomic E-state index is 12.3. The summed E-state index contributed by atoms with van der Waals surface area (Å²) in [7, 11) is 1.31. The van der Waals surface area contributed by atoms with Gasteiger partial charge in [-0.2, -0.15) is 8.78 Å². The molecule has 26 heavy (non-hydrogen) atoms. The number of rotatable bonds is 7. The normalized spacial score (nSPS) is 10.8. The highest BCUT2D eigenvalue weighted by molar-refractivity contribution is 5.93. The molecule has 0 aromatic heterocycles. The highest BCUT2D eigenvalue weighted by atomic mass is 19.3. The van der Waals surface area contributed by atoms with Gasteiger partial charge >= 0.3 is 12.6 Å². The molecule has 2 aromatic rings. The molecule has 136 valence electrons. The fourth-order valence-corrected chi connectivity index (χ4v) is 1.98. The number of benzene rings is 2. The maximum Gasteiger partial charge on any atom is 0.387 e. The van der Waals surface area contributed by atoms with Gasteiger partial charge in [-0.25, -0.2) is 4.79 Å². The summed E-state index contributed by atoms with van der Waals surface area (Å²) < 4.78 is 38.9. The second kappa shape index (κ2) is 8.61. The molecular formula is C18H15F2NO5. The molecule has 0 fully saturated rings. The van der Waals surface area contributed by atoms with E-state index < -0.39 is 18.5 Å². The summed E-state index contributed by atoms with van der Waals surface area (Å²) in [5.74, 6) is -1.03. The number of methoxy groups -OCH3 is 1. The lowest BCUT2D eigenvalue weighted by molar-refractivity contribution is -0.128. The standard InChI is InChI=1S/C18H15F2NO5/c1-24-15-10-11(2-8-14(15)26-18(19)20)3-9-16(22)25-13-6-4-12(5-7-13)17(21)23/h2-10,18H,1H3,(H2,21,23)/b9-3+. The molecule has 0 radical (unpaired) electrons. The third-order valence-corrected chi connectivity index (χ3v) is 3.17. The predicted octanol–water partition coefficient (Wildman–Crippen LogP) is 3.01. The average molecular weight is 363 g/mol. The molecule has 0 bridgehead atoms. The Morgan fingerprint density at radius 3 is 2.35 bits per heavy atom. The molecule has 0 unspecified atom stereocenters. The van der Waals surface area contributed by atoms with Crippen molar-refractivity contribution >= 4 is 18.0 Å². The summed E-state index contributed by atoms with van der Waals surface area (Å²) in [4.78, 5) is 22.8. The van der Waals surface area contributed by atoms with Crippen LogP contribution in [0, 0.1) is 0 Å². The number of nitrogens with two attached hydrogens (primary N) is 1. The zero-order valence-corrected chi connectivity index (χ0v) is 13.6. The van der Waals surface area contributed by atoms with Crippen molar-refractivity contribution in [1.82, 2.24) is 0 Å². The van der Waals surface area contributed by atoms with E-state index in [4.69, 9.17) is 15.2 Å². The number of amides is 1. The van der Waals surface area contributed by atoms with Crippen molar-refractivity contribution in [2.75, 3.05) is 7.11 Å². The Morgan fingerprint density at radius 1 is 1.08 bits per heavy atom. The molecule has 8 heteroatoms. The van der Waals surface area contributed by atoms with Crippen LogP contribution in [0.15, 0.2) is 48.5 Å². The van der Waals surface area contributed by atoms with Crippen LogP contribution < -0.4 is 19.9 Å². The predicted molar refractivity (Wildman–Crippen MR) is 89.3 cm³/mol. The van der Waals surface area contributed by atoms with Crippen molar-refractivity contribution in [2.24, 2.45) is 5.73 Å². The number of carbonyl (C=O) groups is 2. The number of halogens is 2. The zero-order valence-electron chi connectivity index (χ0n) is 13.6. The minimum Gasteiger partial charge on any atom is -0.493 e. The summed E-state index contributed by atoms with van der Waals surface area (Å²) in [5, 5.41) is 0. The number of ether oxygens (including phenoxy) is 3. The Morgan fingerprint density at radius 2 is 1.77 bits per heavy atom. The van der Waals surface area contributed by atoms with Crippen LogP contribution in [0.3, 0.4) is 0 Å². The Bertz CT molecular complexity index is 819. The summed E-state index contributed by atoms with van der Waals surface area (Å²) in [6, 6.07) is 9.95. The molecule has 2 rings (SSSR count). The number of hydrogen-bond acceptors (Lipinski definition) is 5. The van der Waals surface area contributed by atoms with Crippen molar-refractivity contribution in [3.8, 4) is 17.2 Å². The van der Waals surface area contributed by atoms with Gasteiger partial charge in [0.2, 0.25) is 5.91 Å². The molecule has 0 heterocycles. The van der Waals surface area contributed by atoms with E-state index in [0.717, 1.165) is 6.08 Å². The first kappa shape index (κ1) is 18.9. The van der Waals surface area contributed by atoms with E-state index in [2.05, 4.69) is 4.74 Å². The van der Waals surface area contributed by atoms with E-state index in [0.29, 0.717) is 11.1 Å². The van der Waals surface area contributed by atoms with Gasteiger partial charge < -0.3 is 19.9 Å². The topological polar surface area (TPSA) is 87.9 Å². The van der Waals surface area contributed by atoms with Crippen molar-refractivity contribution in [1.29, 1.82) is 0 Å². The van der Waals surface area contributed by atoms with E-state index in [-0.39, 0.29) is 17.2 Å². The highest BCUT2D eigenvalue weighted by Crippen LogP contribution is 2.29. The molecular weight excluding hydrogens is 348 g/mol. The van der Waals surface area contributed by atoms with Crippen LogP contribution in [0.5, 0.6) is 17.2 Å². The summed E-state index contributed by atoms with van der Waals surface area (Å²) in [5.41, 5.74) is 5.93. The van der Waals surface area contributed by atoms with Crippen molar-refractivity contribution in [3.63, 3.8) is 0 Å². The molecule has 6 nitrogen and oxygen atoms in total. The van der Waals surface area contributed by atoms with Crippen molar-refractivity contribution < 1.29 is 32.6 Å². The number of alkyl halides is 2. The largest absolute Gasteiger partial charge is 0.493 e. The van der Waals surface area contributed by atoms with Crippen LogP contribution in [-0.2, 0) is 4.79 Å². The molecule has 0 saturated heterocycles. The van der Waals surface area contributed by atoms with Gasteiger partial charge in [0, 0.05) is 11.6 Å². The molecule has 0 spiro atoms. The van der Waals surface area contributed by atoms with Crippen molar-refractivity contribution in [2.45, 2.75) is 6.61 Å². The van der Waals surface area contributed by atoms with Gasteiger partial charge in [-0.1, -0.05) is 6.07 Å². The van der Waals surface area contributed by atoms with E-state index in [1.807, 2.05) is 0 Å². The molecule has 0 aliphatic heterocycles. The Labute approximate surface area is 147 Å². The molecule has 0 aliphatic carbocycles. The molecule has 0 atom stereocenters. The first-order valence-corrected chi connectivity index (χ1v) is 7.31. The molecule has 0 aliphatic rings. The van der Waals surface area contributed by atoms with Gasteiger partial charge in [-0.05, 0) is 48.0 Å². The summed E-state index contributed by atoms with van der Waals surface area (Å²) >= 11 is 0. The fraction of sp³-hybridized carbons (Fsp3) is 0.111. The van der Waals surface area contributed by atoms with E-state index in [1.165, 1.54) is 55.7 Å². The second-order valence-corrected chi connectivity index (χ2v) is 4.93. The number of carbonyl (C=O) groups excluding carboxylic acids is 2. The lowest BCUT2D eigenvalue weighted by Gasteiger charge is -2.10. The maximum atomic E-state index is 12.3. The van der Waals surface area contributed by atoms with E-state index in [1.54, 1.807) is 0 Å². The first-order valence-electron chi connectivity index (χ1n) is 7.31. The first-order chi connectivity index (χ1) is 12.4. The Kier molecular flexibility index (Phi) is 6.26. The molecule has 2 aromatic carbocycles. The van der Waals surface area contributed by atoms with E-state index >= 15 is 0 Å². The van der Waals surface area contributed by atoms with Gasteiger partial charge in [0.1, 0.15) is 5.75 Å². The second-order valence-electron chi connectivity index (χ2n) is 4.93. The lowest BCUT2D eigenvalue weighted by Crippen LogP contribution is -2.10. The van der Waals surface area contributed by atoms with Gasteiger partial charge in [0.25, 0.3) is 0 Å². The third kappa shape index (κ3) is 5.30. The Balaban J connectivity index is 2.04. The highest BCUT2D eigenvalue weighted by Gasteiger charge is 2.10. The van der Waals surface area contributed by atoms with Crippen LogP contribution >= 0.6 is 0 Å². The number of hydrogen-bond donors (Lipinski definition) is 1. The van der Waals surface area contributed by atoms with Crippen LogP contribution in [0.1, 0.15) is 15.9 Å². The number of esters is 1. The minimum absolute atomic E-state index is 0.0999. The molecule has 1 amide bonds. The van der Waals surface area contributed by atoms with Gasteiger partial charge in [0.15, 0.2) is 11.5 Å². The van der Waals surface area contributed by atoms with Crippen LogP contribution in [0.4, 0.5) is 8.78 Å². The van der Waals surface area contributed by atoms with E-state index in [9.17, 15) is 18.4 Å². The van der Waals surface area contributed by atoms with Gasteiger partial charge in [-0.15, -0.1) is 0 Å². The quantitative estimate of drug-likeness (QED) is 0.464. The monoisotopic (exact) mass is 363 g/mol. The average Bonchev–Trinajstić information content (AvgIpc) is 2.60. The SMILES string of the molecule is COc1cc(/C=C/C(=O)Oc2ccc(C(N)=O)cc2)ccc1OC(F)F. The minimum atomic E-state index is -2.97. The van der Waals surface area contributed by atoms with Gasteiger partial charge in [0.05, 0.1) is 7.11 Å². The lowest BCUT2D eigenvalue weighted by atomic mass is 10.2. The van der Waals surface area contributed by atoms with Crippen LogP contribution in [0.2, 0.25) is 0 Å². The smallest absolute Gasteiger partial charge is 0.387 e. The molecule has 0 saturated carbocycles. The van der Waals surface area contributed by atoms with Crippen molar-refractivity contribution in [3.05, 3.63) is 59.7 Å². The Hall–Kier alpha value is -3.42.